The number of allylic oxidation sites excluding steroid dienone is 2. The van der Waals surface area contributed by atoms with Crippen molar-refractivity contribution in [1.82, 2.24) is 5.32 Å². The third-order valence-corrected chi connectivity index (χ3v) is 7.31. The molecule has 3 rings (SSSR count). The highest BCUT2D eigenvalue weighted by Crippen LogP contribution is 2.41. The first kappa shape index (κ1) is 31.1. The Labute approximate surface area is 234 Å². The average Bonchev–Trinajstić information content (AvgIpc) is 2.88. The standard InChI is InChI=1S/C29H35F3N2O5S/c1-36-28(35)16-20-7-5-8-21(15-20)39-27-12-11-22(17-24(27)29(30,31)32)38-26-10-6-9-25(23(26)18-33)34-19-37-13-14-40(2,3)4/h5-12,15,17-18,23,26,33-34H,13-14,16,19H2,1-4H3. The van der Waals surface area contributed by atoms with Crippen molar-refractivity contribution in [2.75, 3.05) is 45.0 Å². The van der Waals surface area contributed by atoms with Crippen LogP contribution in [0, 0.1) is 11.3 Å². The molecule has 0 fully saturated rings. The molecule has 0 radical (unpaired) electrons. The van der Waals surface area contributed by atoms with E-state index in [9.17, 15) is 18.0 Å². The fraction of sp³-hybridized carbons (Fsp3) is 0.379. The first-order valence-electron chi connectivity index (χ1n) is 12.5. The first-order valence-corrected chi connectivity index (χ1v) is 15.5. The van der Waals surface area contributed by atoms with Gasteiger partial charge in [-0.25, -0.2) is 10.0 Å². The molecule has 2 aromatic carbocycles. The average molecular weight is 581 g/mol. The lowest BCUT2D eigenvalue weighted by molar-refractivity contribution is -0.140. The number of carbonyl (C=O) groups is 1. The number of hydrogen-bond donors (Lipinski definition) is 2. The van der Waals surface area contributed by atoms with Crippen molar-refractivity contribution in [2.45, 2.75) is 18.7 Å². The van der Waals surface area contributed by atoms with Crippen molar-refractivity contribution < 1.29 is 36.9 Å². The van der Waals surface area contributed by atoms with Crippen molar-refractivity contribution in [3.8, 4) is 17.2 Å². The minimum atomic E-state index is -4.72. The Balaban J connectivity index is 1.72. The van der Waals surface area contributed by atoms with Crippen LogP contribution in [-0.4, -0.2) is 63.3 Å². The molecule has 0 aromatic heterocycles. The number of nitrogens with one attached hydrogen (secondary N) is 2. The molecule has 2 N–H and O–H groups in total. The van der Waals surface area contributed by atoms with Crippen LogP contribution in [0.3, 0.4) is 0 Å². The fourth-order valence-corrected chi connectivity index (χ4v) is 4.42. The van der Waals surface area contributed by atoms with Crippen LogP contribution in [0.25, 0.3) is 0 Å². The molecule has 40 heavy (non-hydrogen) atoms. The smallest absolute Gasteiger partial charge is 0.420 e. The lowest BCUT2D eigenvalue weighted by Gasteiger charge is -2.28. The maximum atomic E-state index is 14.0. The largest absolute Gasteiger partial charge is 0.485 e. The van der Waals surface area contributed by atoms with E-state index in [-0.39, 0.29) is 24.7 Å². The van der Waals surface area contributed by atoms with Crippen LogP contribution < -0.4 is 14.8 Å². The van der Waals surface area contributed by atoms with E-state index in [0.717, 1.165) is 11.8 Å². The van der Waals surface area contributed by atoms with Crippen molar-refractivity contribution in [3.05, 3.63) is 77.5 Å². The van der Waals surface area contributed by atoms with E-state index in [2.05, 4.69) is 28.8 Å². The number of hydrogen-bond acceptors (Lipinski definition) is 7. The number of alkyl halides is 3. The van der Waals surface area contributed by atoms with Gasteiger partial charge in [0, 0.05) is 17.7 Å². The Morgan fingerprint density at radius 3 is 2.58 bits per heavy atom. The van der Waals surface area contributed by atoms with Crippen LogP contribution in [0.4, 0.5) is 13.2 Å². The second-order valence-electron chi connectivity index (χ2n) is 9.96. The summed E-state index contributed by atoms with van der Waals surface area (Å²) in [5.74, 6) is -0.332. The number of ether oxygens (including phenoxy) is 4. The van der Waals surface area contributed by atoms with E-state index in [4.69, 9.17) is 19.6 Å². The summed E-state index contributed by atoms with van der Waals surface area (Å²) in [6, 6.07) is 9.68. The van der Waals surface area contributed by atoms with Crippen molar-refractivity contribution in [2.24, 2.45) is 5.92 Å². The molecular formula is C29H35F3N2O5S. The summed E-state index contributed by atoms with van der Waals surface area (Å²) in [6.07, 6.45) is 7.57. The minimum absolute atomic E-state index is 0.0220. The van der Waals surface area contributed by atoms with E-state index in [0.29, 0.717) is 17.9 Å². The number of rotatable bonds is 13. The molecule has 1 aliphatic carbocycles. The maximum absolute atomic E-state index is 14.0. The number of carbonyl (C=O) groups excluding carboxylic acids is 1. The molecule has 0 bridgehead atoms. The molecule has 1 aliphatic rings. The van der Waals surface area contributed by atoms with Crippen LogP contribution in [0.2, 0.25) is 0 Å². The van der Waals surface area contributed by atoms with Gasteiger partial charge in [-0.15, -0.1) is 0 Å². The maximum Gasteiger partial charge on any atom is 0.420 e. The Hall–Kier alpha value is -3.44. The van der Waals surface area contributed by atoms with Crippen molar-refractivity contribution >= 4 is 22.2 Å². The normalized spacial score (nSPS) is 17.5. The van der Waals surface area contributed by atoms with Crippen LogP contribution in [-0.2, 0) is 26.9 Å². The van der Waals surface area contributed by atoms with Crippen LogP contribution in [0.5, 0.6) is 17.2 Å². The van der Waals surface area contributed by atoms with Gasteiger partial charge in [-0.05, 0) is 66.8 Å². The van der Waals surface area contributed by atoms with Gasteiger partial charge in [0.2, 0.25) is 0 Å². The minimum Gasteiger partial charge on any atom is -0.485 e. The monoisotopic (exact) mass is 580 g/mol. The molecule has 2 unspecified atom stereocenters. The second-order valence-corrected chi connectivity index (χ2v) is 14.6. The highest BCUT2D eigenvalue weighted by molar-refractivity contribution is 8.32. The van der Waals surface area contributed by atoms with Gasteiger partial charge in [0.15, 0.2) is 0 Å². The SMILES string of the molecule is COC(=O)Cc1cccc(Oc2ccc(OC3C=CC=C(NCOCCS(C)(C)C)C3C=N)cc2C(F)(F)F)c1. The van der Waals surface area contributed by atoms with Crippen molar-refractivity contribution in [3.63, 3.8) is 0 Å². The Kier molecular flexibility index (Phi) is 10.7. The number of halogens is 3. The summed E-state index contributed by atoms with van der Waals surface area (Å²) < 4.78 is 63.8. The molecule has 0 heterocycles. The molecular weight excluding hydrogens is 545 g/mol. The van der Waals surface area contributed by atoms with E-state index in [1.54, 1.807) is 30.4 Å². The highest BCUT2D eigenvalue weighted by atomic mass is 32.3. The topological polar surface area (TPSA) is 89.9 Å². The van der Waals surface area contributed by atoms with Crippen LogP contribution in [0.15, 0.2) is 66.4 Å². The first-order chi connectivity index (χ1) is 18.9. The van der Waals surface area contributed by atoms with Gasteiger partial charge in [0.25, 0.3) is 0 Å². The fourth-order valence-electron chi connectivity index (χ4n) is 3.80. The lowest BCUT2D eigenvalue weighted by Crippen LogP contribution is -2.35. The third kappa shape index (κ3) is 9.34. The van der Waals surface area contributed by atoms with Gasteiger partial charge < -0.3 is 29.7 Å². The number of esters is 1. The van der Waals surface area contributed by atoms with Gasteiger partial charge >= 0.3 is 12.1 Å². The predicted molar refractivity (Wildman–Crippen MR) is 152 cm³/mol. The zero-order valence-electron chi connectivity index (χ0n) is 22.9. The molecule has 0 aliphatic heterocycles. The van der Waals surface area contributed by atoms with E-state index in [1.807, 2.05) is 0 Å². The molecule has 0 saturated carbocycles. The predicted octanol–water partition coefficient (Wildman–Crippen LogP) is 5.94. The van der Waals surface area contributed by atoms with Crippen LogP contribution in [0.1, 0.15) is 11.1 Å². The Morgan fingerprint density at radius 1 is 1.12 bits per heavy atom. The van der Waals surface area contributed by atoms with E-state index in [1.165, 1.54) is 37.6 Å². The quantitative estimate of drug-likeness (QED) is 0.132. The summed E-state index contributed by atoms with van der Waals surface area (Å²) in [5.41, 5.74) is 0.198. The zero-order valence-corrected chi connectivity index (χ0v) is 23.7. The summed E-state index contributed by atoms with van der Waals surface area (Å²) in [4.78, 5) is 11.6. The summed E-state index contributed by atoms with van der Waals surface area (Å²) >= 11 is 0. The van der Waals surface area contributed by atoms with Gasteiger partial charge in [-0.3, -0.25) is 4.79 Å². The van der Waals surface area contributed by atoms with Gasteiger partial charge in [0.05, 0.1) is 26.1 Å². The van der Waals surface area contributed by atoms with Crippen LogP contribution >= 0.6 is 10.0 Å². The van der Waals surface area contributed by atoms with E-state index < -0.39 is 45.5 Å². The van der Waals surface area contributed by atoms with Gasteiger partial charge in [-0.1, -0.05) is 18.2 Å². The third-order valence-electron chi connectivity index (χ3n) is 5.92. The summed E-state index contributed by atoms with van der Waals surface area (Å²) in [5, 5.41) is 11.1. The second kappa shape index (κ2) is 13.8. The Bertz CT molecular complexity index is 1240. The summed E-state index contributed by atoms with van der Waals surface area (Å²) in [7, 11) is 0.586. The van der Waals surface area contributed by atoms with Gasteiger partial charge in [0.1, 0.15) is 35.6 Å². The van der Waals surface area contributed by atoms with E-state index >= 15 is 0 Å². The van der Waals surface area contributed by atoms with Crippen molar-refractivity contribution in [1.29, 1.82) is 5.41 Å². The molecule has 7 nitrogen and oxygen atoms in total. The highest BCUT2D eigenvalue weighted by Gasteiger charge is 2.36. The summed E-state index contributed by atoms with van der Waals surface area (Å²) in [6.45, 7) is 0.853. The van der Waals surface area contributed by atoms with Gasteiger partial charge in [-0.2, -0.15) is 13.2 Å². The number of benzene rings is 2. The Morgan fingerprint density at radius 2 is 1.90 bits per heavy atom. The molecule has 2 aromatic rings. The molecule has 2 atom stereocenters. The zero-order chi connectivity index (χ0) is 29.3. The molecule has 0 spiro atoms. The molecule has 11 heteroatoms. The molecule has 218 valence electrons. The lowest BCUT2D eigenvalue weighted by atomic mass is 9.94. The number of methoxy groups -OCH3 is 1. The molecule has 0 amide bonds. The molecule has 0 saturated heterocycles.